The molecule has 3 unspecified atom stereocenters. The van der Waals surface area contributed by atoms with Gasteiger partial charge >= 0.3 is 0 Å². The normalized spacial score (nSPS) is 31.4. The van der Waals surface area contributed by atoms with Gasteiger partial charge in [-0.05, 0) is 37.0 Å². The first-order valence-corrected chi connectivity index (χ1v) is 8.36. The molecular weight excluding hydrogens is 272 g/mol. The zero-order chi connectivity index (χ0) is 14.0. The smallest absolute Gasteiger partial charge is 0.217 e. The van der Waals surface area contributed by atoms with Crippen LogP contribution in [-0.4, -0.2) is 35.8 Å². The molecule has 1 spiro atoms. The Balaban J connectivity index is 1.77. The highest BCUT2D eigenvalue weighted by molar-refractivity contribution is 7.99. The van der Waals surface area contributed by atoms with Crippen molar-refractivity contribution < 1.29 is 9.47 Å². The highest BCUT2D eigenvalue weighted by atomic mass is 32.2. The fraction of sp³-hybridized carbons (Fsp3) is 0.667. The minimum atomic E-state index is -0.0231. The van der Waals surface area contributed by atoms with Crippen molar-refractivity contribution in [3.63, 3.8) is 0 Å². The van der Waals surface area contributed by atoms with E-state index in [2.05, 4.69) is 4.98 Å². The summed E-state index contributed by atoms with van der Waals surface area (Å²) in [6, 6.07) is 3.94. The minimum Gasteiger partial charge on any atom is -0.481 e. The lowest BCUT2D eigenvalue weighted by Gasteiger charge is -2.40. The number of thioether (sulfide) groups is 1. The van der Waals surface area contributed by atoms with Crippen molar-refractivity contribution in [1.82, 2.24) is 4.98 Å². The van der Waals surface area contributed by atoms with Gasteiger partial charge in [-0.25, -0.2) is 4.98 Å². The number of hydrogen-bond acceptors (Lipinski definition) is 5. The highest BCUT2D eigenvalue weighted by Crippen LogP contribution is 2.44. The van der Waals surface area contributed by atoms with Crippen molar-refractivity contribution >= 4 is 11.8 Å². The monoisotopic (exact) mass is 294 g/mol. The first-order valence-electron chi connectivity index (χ1n) is 7.20. The van der Waals surface area contributed by atoms with Crippen molar-refractivity contribution in [2.24, 2.45) is 11.7 Å². The molecule has 5 heteroatoms. The molecule has 3 rings (SSSR count). The number of hydrogen-bond donors (Lipinski definition) is 1. The van der Waals surface area contributed by atoms with Crippen LogP contribution in [0.15, 0.2) is 18.3 Å². The third-order valence-corrected chi connectivity index (χ3v) is 5.68. The molecule has 1 aromatic rings. The Bertz CT molecular complexity index is 463. The second kappa shape index (κ2) is 5.92. The Morgan fingerprint density at radius 3 is 3.25 bits per heavy atom. The average Bonchev–Trinajstić information content (AvgIpc) is 2.94. The Labute approximate surface area is 124 Å². The molecule has 0 saturated carbocycles. The van der Waals surface area contributed by atoms with Gasteiger partial charge in [0.2, 0.25) is 5.88 Å². The lowest BCUT2D eigenvalue weighted by atomic mass is 9.79. The molecule has 1 aromatic heterocycles. The molecule has 0 aliphatic carbocycles. The van der Waals surface area contributed by atoms with E-state index in [0.29, 0.717) is 11.8 Å². The number of nitrogens with zero attached hydrogens (tertiary/aromatic N) is 1. The van der Waals surface area contributed by atoms with Crippen molar-refractivity contribution in [2.75, 3.05) is 25.2 Å². The lowest BCUT2D eigenvalue weighted by molar-refractivity contribution is -0.0835. The molecule has 2 fully saturated rings. The van der Waals surface area contributed by atoms with Crippen LogP contribution in [0.2, 0.25) is 0 Å². The van der Waals surface area contributed by atoms with E-state index in [9.17, 15) is 0 Å². The second-order valence-corrected chi connectivity index (χ2v) is 6.82. The predicted octanol–water partition coefficient (Wildman–Crippen LogP) is 2.39. The number of methoxy groups -OCH3 is 1. The molecule has 2 aliphatic heterocycles. The molecule has 2 N–H and O–H groups in total. The summed E-state index contributed by atoms with van der Waals surface area (Å²) in [7, 11) is 1.65. The van der Waals surface area contributed by atoms with E-state index in [1.54, 1.807) is 13.3 Å². The maximum atomic E-state index is 6.51. The molecular formula is C15H22N2O2S. The van der Waals surface area contributed by atoms with E-state index < -0.39 is 0 Å². The second-order valence-electron chi connectivity index (χ2n) is 5.71. The molecule has 3 heterocycles. The molecule has 4 nitrogen and oxygen atoms in total. The van der Waals surface area contributed by atoms with Crippen LogP contribution in [-0.2, 0) is 4.74 Å². The molecule has 0 amide bonds. The summed E-state index contributed by atoms with van der Waals surface area (Å²) < 4.78 is 11.4. The van der Waals surface area contributed by atoms with E-state index >= 15 is 0 Å². The fourth-order valence-corrected chi connectivity index (χ4v) is 4.70. The van der Waals surface area contributed by atoms with E-state index in [0.717, 1.165) is 37.2 Å². The van der Waals surface area contributed by atoms with Crippen LogP contribution in [0, 0.1) is 5.92 Å². The van der Waals surface area contributed by atoms with Gasteiger partial charge in [-0.2, -0.15) is 11.8 Å². The van der Waals surface area contributed by atoms with E-state index in [1.165, 1.54) is 5.75 Å². The molecule has 0 aromatic carbocycles. The fourth-order valence-electron chi connectivity index (χ4n) is 3.32. The van der Waals surface area contributed by atoms with Crippen LogP contribution < -0.4 is 10.5 Å². The SMILES string of the molecule is COc1ncccc1C(N)C1CCOC2(CCSC2)C1. The summed E-state index contributed by atoms with van der Waals surface area (Å²) in [6.07, 6.45) is 4.98. The summed E-state index contributed by atoms with van der Waals surface area (Å²) in [5.74, 6) is 3.42. The van der Waals surface area contributed by atoms with Gasteiger partial charge in [0, 0.05) is 30.2 Å². The van der Waals surface area contributed by atoms with Gasteiger partial charge in [0.1, 0.15) is 0 Å². The number of ether oxygens (including phenoxy) is 2. The zero-order valence-electron chi connectivity index (χ0n) is 11.9. The molecule has 20 heavy (non-hydrogen) atoms. The zero-order valence-corrected chi connectivity index (χ0v) is 12.7. The molecule has 0 bridgehead atoms. The van der Waals surface area contributed by atoms with Crippen LogP contribution in [0.5, 0.6) is 5.88 Å². The van der Waals surface area contributed by atoms with E-state index in [4.69, 9.17) is 15.2 Å². The number of pyridine rings is 1. The van der Waals surface area contributed by atoms with Crippen molar-refractivity contribution in [1.29, 1.82) is 0 Å². The average molecular weight is 294 g/mol. The topological polar surface area (TPSA) is 57.4 Å². The van der Waals surface area contributed by atoms with Crippen LogP contribution in [0.25, 0.3) is 0 Å². The Hall–Kier alpha value is -0.780. The minimum absolute atomic E-state index is 0.0231. The quantitative estimate of drug-likeness (QED) is 0.927. The van der Waals surface area contributed by atoms with Crippen molar-refractivity contribution in [3.05, 3.63) is 23.9 Å². The van der Waals surface area contributed by atoms with Crippen LogP contribution in [0.1, 0.15) is 30.9 Å². The van der Waals surface area contributed by atoms with Gasteiger partial charge in [0.25, 0.3) is 0 Å². The van der Waals surface area contributed by atoms with Gasteiger partial charge in [-0.15, -0.1) is 0 Å². The first kappa shape index (κ1) is 14.2. The van der Waals surface area contributed by atoms with E-state index in [-0.39, 0.29) is 11.6 Å². The van der Waals surface area contributed by atoms with Gasteiger partial charge in [0.05, 0.1) is 12.7 Å². The van der Waals surface area contributed by atoms with Crippen LogP contribution in [0.3, 0.4) is 0 Å². The number of aromatic nitrogens is 1. The summed E-state index contributed by atoms with van der Waals surface area (Å²) in [5, 5.41) is 0. The van der Waals surface area contributed by atoms with Gasteiger partial charge < -0.3 is 15.2 Å². The molecule has 3 atom stereocenters. The molecule has 110 valence electrons. The van der Waals surface area contributed by atoms with Gasteiger partial charge in [-0.1, -0.05) is 6.07 Å². The molecule has 2 aliphatic rings. The third kappa shape index (κ3) is 2.67. The van der Waals surface area contributed by atoms with Gasteiger partial charge in [0.15, 0.2) is 0 Å². The van der Waals surface area contributed by atoms with Gasteiger partial charge in [-0.3, -0.25) is 0 Å². The molecule has 2 saturated heterocycles. The molecule has 0 radical (unpaired) electrons. The Morgan fingerprint density at radius 2 is 2.50 bits per heavy atom. The summed E-state index contributed by atoms with van der Waals surface area (Å²) in [6.45, 7) is 0.821. The van der Waals surface area contributed by atoms with E-state index in [1.807, 2.05) is 23.9 Å². The predicted molar refractivity (Wildman–Crippen MR) is 81.1 cm³/mol. The summed E-state index contributed by atoms with van der Waals surface area (Å²) >= 11 is 1.99. The summed E-state index contributed by atoms with van der Waals surface area (Å²) in [4.78, 5) is 4.26. The Morgan fingerprint density at radius 1 is 1.60 bits per heavy atom. The third-order valence-electron chi connectivity index (χ3n) is 4.46. The maximum absolute atomic E-state index is 6.51. The number of rotatable bonds is 3. The highest BCUT2D eigenvalue weighted by Gasteiger charge is 2.42. The van der Waals surface area contributed by atoms with Crippen molar-refractivity contribution in [3.8, 4) is 5.88 Å². The maximum Gasteiger partial charge on any atom is 0.217 e. The standard InChI is InChI=1S/C15H22N2O2S/c1-18-14-12(3-2-6-17-14)13(16)11-4-7-19-15(9-11)5-8-20-10-15/h2-3,6,11,13H,4-5,7-10,16H2,1H3. The van der Waals surface area contributed by atoms with Crippen LogP contribution >= 0.6 is 11.8 Å². The Kier molecular flexibility index (Phi) is 4.19. The van der Waals surface area contributed by atoms with Crippen molar-refractivity contribution in [2.45, 2.75) is 30.9 Å². The lowest BCUT2D eigenvalue weighted by Crippen LogP contribution is -2.42. The first-order chi connectivity index (χ1) is 9.74. The summed E-state index contributed by atoms with van der Waals surface area (Å²) in [5.41, 5.74) is 7.60. The van der Waals surface area contributed by atoms with Crippen LogP contribution in [0.4, 0.5) is 0 Å². The largest absolute Gasteiger partial charge is 0.481 e. The number of nitrogens with two attached hydrogens (primary N) is 1.